The van der Waals surface area contributed by atoms with Gasteiger partial charge >= 0.3 is 0 Å². The molecule has 1 saturated carbocycles. The standard InChI is InChI=1S/C12H18N2O/c1-15-10-7-5-9(6-8-10)14-12-4-2-3-11(12)13/h5-8,11-12,14H,2-4,13H2,1H3/t11-,12-/m1/s1. The number of methoxy groups -OCH3 is 1. The maximum Gasteiger partial charge on any atom is 0.119 e. The number of anilines is 1. The van der Waals surface area contributed by atoms with Crippen molar-refractivity contribution in [2.24, 2.45) is 5.73 Å². The first-order valence-corrected chi connectivity index (χ1v) is 5.46. The van der Waals surface area contributed by atoms with E-state index in [-0.39, 0.29) is 0 Å². The topological polar surface area (TPSA) is 47.3 Å². The van der Waals surface area contributed by atoms with Crippen molar-refractivity contribution in [3.05, 3.63) is 24.3 Å². The molecule has 1 fully saturated rings. The van der Waals surface area contributed by atoms with Crippen LogP contribution in [0, 0.1) is 0 Å². The minimum absolute atomic E-state index is 0.298. The molecular weight excluding hydrogens is 188 g/mol. The van der Waals surface area contributed by atoms with Crippen molar-refractivity contribution < 1.29 is 4.74 Å². The van der Waals surface area contributed by atoms with Crippen LogP contribution < -0.4 is 15.8 Å². The highest BCUT2D eigenvalue weighted by molar-refractivity contribution is 5.47. The molecule has 3 nitrogen and oxygen atoms in total. The molecule has 0 bridgehead atoms. The molecule has 1 aromatic rings. The molecule has 1 aliphatic rings. The molecule has 15 heavy (non-hydrogen) atoms. The lowest BCUT2D eigenvalue weighted by Crippen LogP contribution is -2.35. The normalized spacial score (nSPS) is 25.2. The van der Waals surface area contributed by atoms with Gasteiger partial charge in [0.2, 0.25) is 0 Å². The molecule has 3 N–H and O–H groups in total. The maximum atomic E-state index is 6.00. The first-order valence-electron chi connectivity index (χ1n) is 5.46. The first kappa shape index (κ1) is 10.3. The fraction of sp³-hybridized carbons (Fsp3) is 0.500. The van der Waals surface area contributed by atoms with Gasteiger partial charge in [0, 0.05) is 17.8 Å². The molecule has 3 heteroatoms. The summed E-state index contributed by atoms with van der Waals surface area (Å²) >= 11 is 0. The molecule has 0 aromatic heterocycles. The Morgan fingerprint density at radius 2 is 2.00 bits per heavy atom. The van der Waals surface area contributed by atoms with Crippen LogP contribution in [0.25, 0.3) is 0 Å². The minimum atomic E-state index is 0.298. The van der Waals surface area contributed by atoms with Crippen LogP contribution in [0.3, 0.4) is 0 Å². The third-order valence-electron chi connectivity index (χ3n) is 3.01. The van der Waals surface area contributed by atoms with E-state index in [0.717, 1.165) is 17.9 Å². The molecule has 0 saturated heterocycles. The highest BCUT2D eigenvalue weighted by Crippen LogP contribution is 2.22. The lowest BCUT2D eigenvalue weighted by Gasteiger charge is -2.18. The molecule has 2 rings (SSSR count). The summed E-state index contributed by atoms with van der Waals surface area (Å²) in [5, 5.41) is 3.46. The van der Waals surface area contributed by atoms with E-state index < -0.39 is 0 Å². The van der Waals surface area contributed by atoms with Crippen LogP contribution in [0.15, 0.2) is 24.3 Å². The molecule has 82 valence electrons. The van der Waals surface area contributed by atoms with Crippen LogP contribution in [-0.4, -0.2) is 19.2 Å². The van der Waals surface area contributed by atoms with Crippen molar-refractivity contribution in [1.82, 2.24) is 0 Å². The van der Waals surface area contributed by atoms with Crippen molar-refractivity contribution in [2.45, 2.75) is 31.3 Å². The molecule has 1 aromatic carbocycles. The first-order chi connectivity index (χ1) is 7.29. The van der Waals surface area contributed by atoms with Crippen molar-refractivity contribution in [1.29, 1.82) is 0 Å². The Morgan fingerprint density at radius 3 is 2.53 bits per heavy atom. The van der Waals surface area contributed by atoms with Gasteiger partial charge in [-0.1, -0.05) is 0 Å². The summed E-state index contributed by atoms with van der Waals surface area (Å²) in [5.41, 5.74) is 7.12. The van der Waals surface area contributed by atoms with Crippen molar-refractivity contribution in [3.8, 4) is 5.75 Å². The lowest BCUT2D eigenvalue weighted by molar-refractivity contribution is 0.415. The van der Waals surface area contributed by atoms with Gasteiger partial charge in [-0.2, -0.15) is 0 Å². The van der Waals surface area contributed by atoms with Gasteiger partial charge in [-0.05, 0) is 43.5 Å². The fourth-order valence-corrected chi connectivity index (χ4v) is 2.07. The molecule has 0 radical (unpaired) electrons. The summed E-state index contributed by atoms with van der Waals surface area (Å²) in [4.78, 5) is 0. The van der Waals surface area contributed by atoms with Gasteiger partial charge < -0.3 is 15.8 Å². The summed E-state index contributed by atoms with van der Waals surface area (Å²) in [7, 11) is 1.68. The van der Waals surface area contributed by atoms with Gasteiger partial charge in [-0.25, -0.2) is 0 Å². The number of nitrogens with one attached hydrogen (secondary N) is 1. The van der Waals surface area contributed by atoms with Crippen LogP contribution in [0.1, 0.15) is 19.3 Å². The largest absolute Gasteiger partial charge is 0.497 e. The monoisotopic (exact) mass is 206 g/mol. The van der Waals surface area contributed by atoms with Crippen LogP contribution in [0.4, 0.5) is 5.69 Å². The maximum absolute atomic E-state index is 6.00. The van der Waals surface area contributed by atoms with Crippen LogP contribution in [-0.2, 0) is 0 Å². The summed E-state index contributed by atoms with van der Waals surface area (Å²) in [6.45, 7) is 0. The zero-order valence-corrected chi connectivity index (χ0v) is 9.07. The van der Waals surface area contributed by atoms with Crippen LogP contribution in [0.2, 0.25) is 0 Å². The summed E-state index contributed by atoms with van der Waals surface area (Å²) in [6.07, 6.45) is 3.54. The quantitative estimate of drug-likeness (QED) is 0.795. The van der Waals surface area contributed by atoms with E-state index in [1.165, 1.54) is 12.8 Å². The molecule has 1 aliphatic carbocycles. The van der Waals surface area contributed by atoms with Crippen molar-refractivity contribution in [3.63, 3.8) is 0 Å². The second-order valence-electron chi connectivity index (χ2n) is 4.07. The SMILES string of the molecule is COc1ccc(N[C@@H]2CCC[C@H]2N)cc1. The second-order valence-corrected chi connectivity index (χ2v) is 4.07. The Morgan fingerprint density at radius 1 is 1.27 bits per heavy atom. The smallest absolute Gasteiger partial charge is 0.119 e. The molecule has 0 heterocycles. The highest BCUT2D eigenvalue weighted by atomic mass is 16.5. The minimum Gasteiger partial charge on any atom is -0.497 e. The Bertz CT molecular complexity index is 310. The molecule has 0 unspecified atom stereocenters. The van der Waals surface area contributed by atoms with E-state index in [4.69, 9.17) is 10.5 Å². The number of nitrogens with two attached hydrogens (primary N) is 1. The average molecular weight is 206 g/mol. The van der Waals surface area contributed by atoms with E-state index in [0.29, 0.717) is 12.1 Å². The van der Waals surface area contributed by atoms with Gasteiger partial charge in [-0.3, -0.25) is 0 Å². The molecule has 2 atom stereocenters. The summed E-state index contributed by atoms with van der Waals surface area (Å²) in [5.74, 6) is 0.885. The Hall–Kier alpha value is -1.22. The Labute approximate surface area is 90.6 Å². The van der Waals surface area contributed by atoms with Gasteiger partial charge in [-0.15, -0.1) is 0 Å². The number of rotatable bonds is 3. The molecular formula is C12H18N2O. The molecule has 0 aliphatic heterocycles. The van der Waals surface area contributed by atoms with Crippen molar-refractivity contribution >= 4 is 5.69 Å². The van der Waals surface area contributed by atoms with Crippen molar-refractivity contribution in [2.75, 3.05) is 12.4 Å². The van der Waals surface area contributed by atoms with Crippen LogP contribution in [0.5, 0.6) is 5.75 Å². The third-order valence-corrected chi connectivity index (χ3v) is 3.01. The number of ether oxygens (including phenoxy) is 1. The van der Waals surface area contributed by atoms with Crippen LogP contribution >= 0.6 is 0 Å². The third kappa shape index (κ3) is 2.42. The van der Waals surface area contributed by atoms with E-state index in [1.54, 1.807) is 7.11 Å². The number of benzene rings is 1. The Balaban J connectivity index is 1.98. The summed E-state index contributed by atoms with van der Waals surface area (Å²) in [6, 6.07) is 8.71. The predicted octanol–water partition coefficient (Wildman–Crippen LogP) is 1.99. The highest BCUT2D eigenvalue weighted by Gasteiger charge is 2.23. The lowest BCUT2D eigenvalue weighted by atomic mass is 10.1. The van der Waals surface area contributed by atoms with Gasteiger partial charge in [0.1, 0.15) is 5.75 Å². The second kappa shape index (κ2) is 4.53. The molecule has 0 spiro atoms. The average Bonchev–Trinajstić information content (AvgIpc) is 2.66. The van der Waals surface area contributed by atoms with E-state index in [1.807, 2.05) is 24.3 Å². The fourth-order valence-electron chi connectivity index (χ4n) is 2.07. The van der Waals surface area contributed by atoms with Gasteiger partial charge in [0.05, 0.1) is 7.11 Å². The number of hydrogen-bond donors (Lipinski definition) is 2. The molecule has 0 amide bonds. The summed E-state index contributed by atoms with van der Waals surface area (Å²) < 4.78 is 5.11. The zero-order valence-electron chi connectivity index (χ0n) is 9.07. The van der Waals surface area contributed by atoms with E-state index >= 15 is 0 Å². The van der Waals surface area contributed by atoms with E-state index in [9.17, 15) is 0 Å². The number of hydrogen-bond acceptors (Lipinski definition) is 3. The predicted molar refractivity (Wildman–Crippen MR) is 62.2 cm³/mol. The van der Waals surface area contributed by atoms with Gasteiger partial charge in [0.15, 0.2) is 0 Å². The zero-order chi connectivity index (χ0) is 10.7. The van der Waals surface area contributed by atoms with E-state index in [2.05, 4.69) is 5.32 Å². The van der Waals surface area contributed by atoms with Gasteiger partial charge in [0.25, 0.3) is 0 Å². The Kier molecular flexibility index (Phi) is 3.11.